The van der Waals surface area contributed by atoms with Crippen LogP contribution in [0.1, 0.15) is 24.1 Å². The summed E-state index contributed by atoms with van der Waals surface area (Å²) < 4.78 is 1.25. The summed E-state index contributed by atoms with van der Waals surface area (Å²) in [6.45, 7) is 0. The highest BCUT2D eigenvalue weighted by atomic mass is 32.2. The number of aliphatic carboxylic acids is 1. The van der Waals surface area contributed by atoms with E-state index in [9.17, 15) is 19.8 Å². The maximum atomic E-state index is 12.3. The highest BCUT2D eigenvalue weighted by Gasteiger charge is 2.40. The van der Waals surface area contributed by atoms with E-state index in [-0.39, 0.29) is 29.1 Å². The van der Waals surface area contributed by atoms with Crippen molar-refractivity contribution in [2.24, 2.45) is 5.92 Å². The van der Waals surface area contributed by atoms with E-state index in [2.05, 4.69) is 18.2 Å². The first-order valence-electron chi connectivity index (χ1n) is 10.4. The van der Waals surface area contributed by atoms with E-state index >= 15 is 0 Å². The normalized spacial score (nSPS) is 22.5. The van der Waals surface area contributed by atoms with Crippen molar-refractivity contribution >= 4 is 56.7 Å². The third-order valence-electron chi connectivity index (χ3n) is 5.20. The van der Waals surface area contributed by atoms with Gasteiger partial charge in [0, 0.05) is 21.9 Å². The molecule has 1 aliphatic carbocycles. The molecule has 3 rings (SSSR count). The molecule has 5 nitrogen and oxygen atoms in total. The van der Waals surface area contributed by atoms with Crippen LogP contribution in [0, 0.1) is 5.92 Å². The van der Waals surface area contributed by atoms with E-state index in [1.807, 2.05) is 18.2 Å². The summed E-state index contributed by atoms with van der Waals surface area (Å²) in [6.07, 6.45) is 4.54. The van der Waals surface area contributed by atoms with E-state index in [0.717, 1.165) is 24.3 Å². The molecule has 31 heavy (non-hydrogen) atoms. The molecule has 0 saturated heterocycles. The number of fused-ring (bicyclic) bond motifs is 1. The van der Waals surface area contributed by atoms with Gasteiger partial charge in [-0.15, -0.1) is 23.1 Å². The first-order chi connectivity index (χ1) is 14.9. The van der Waals surface area contributed by atoms with Crippen LogP contribution in [0.4, 0.5) is 0 Å². The minimum absolute atomic E-state index is 0.0464. The molecular weight excluding hydrogens is 452 g/mol. The van der Waals surface area contributed by atoms with Crippen molar-refractivity contribution in [1.82, 2.24) is 0 Å². The summed E-state index contributed by atoms with van der Waals surface area (Å²) in [4.78, 5) is 24.1. The van der Waals surface area contributed by atoms with Gasteiger partial charge in [-0.3, -0.25) is 9.59 Å². The standard InChI is InChI=1S/C23H28O5S3/c24-16(6-8-17-12-15-4-1-2-5-21(15)31-17)7-9-18-19(25)13-20(26)23(18)30-11-3-10-29-14-22(27)28/h1-2,4-5,7,9,12,16,18-19,23-25H,3,6,8,10-11,13-14H2,(H,27,28)/t16?,18-,19+,23?/m0/s1. The van der Waals surface area contributed by atoms with Gasteiger partial charge in [-0.2, -0.15) is 11.8 Å². The third-order valence-corrected chi connectivity index (χ3v) is 8.86. The molecule has 1 aromatic carbocycles. The number of carbonyl (C=O) groups excluding carboxylic acids is 1. The van der Waals surface area contributed by atoms with Gasteiger partial charge in [-0.1, -0.05) is 30.4 Å². The van der Waals surface area contributed by atoms with Crippen molar-refractivity contribution in [2.75, 3.05) is 17.3 Å². The van der Waals surface area contributed by atoms with Crippen LogP contribution < -0.4 is 0 Å². The Hall–Kier alpha value is -1.32. The molecule has 2 unspecified atom stereocenters. The molecule has 1 aromatic heterocycles. The second kappa shape index (κ2) is 12.1. The second-order valence-corrected chi connectivity index (χ2v) is 11.2. The quantitative estimate of drug-likeness (QED) is 0.312. The number of Topliss-reactive ketones (excluding diaryl/α,β-unsaturated/α-hetero) is 1. The van der Waals surface area contributed by atoms with Crippen LogP contribution in [0.5, 0.6) is 0 Å². The first-order valence-corrected chi connectivity index (χ1v) is 13.4. The van der Waals surface area contributed by atoms with Crippen LogP contribution in [0.3, 0.4) is 0 Å². The summed E-state index contributed by atoms with van der Waals surface area (Å²) in [5, 5.41) is 30.3. The number of hydrogen-bond donors (Lipinski definition) is 3. The highest BCUT2D eigenvalue weighted by molar-refractivity contribution is 8.01. The number of carboxylic acid groups (broad SMARTS) is 1. The van der Waals surface area contributed by atoms with E-state index in [1.54, 1.807) is 17.4 Å². The zero-order valence-corrected chi connectivity index (χ0v) is 19.6. The number of ketones is 1. The molecule has 8 heteroatoms. The molecule has 168 valence electrons. The van der Waals surface area contributed by atoms with Crippen LogP contribution >= 0.6 is 34.9 Å². The van der Waals surface area contributed by atoms with E-state index in [1.165, 1.54) is 38.5 Å². The minimum atomic E-state index is -0.817. The molecule has 0 bridgehead atoms. The molecule has 0 spiro atoms. The lowest BCUT2D eigenvalue weighted by molar-refractivity contribution is -0.133. The number of carboxylic acids is 1. The van der Waals surface area contributed by atoms with Crippen molar-refractivity contribution in [1.29, 1.82) is 0 Å². The molecule has 4 atom stereocenters. The van der Waals surface area contributed by atoms with E-state index in [0.29, 0.717) is 6.42 Å². The van der Waals surface area contributed by atoms with Gasteiger partial charge in [0.1, 0.15) is 5.78 Å². The Morgan fingerprint density at radius 1 is 1.29 bits per heavy atom. The number of hydrogen-bond acceptors (Lipinski definition) is 7. The average molecular weight is 481 g/mol. The Bertz CT molecular complexity index is 877. The fraction of sp³-hybridized carbons (Fsp3) is 0.478. The molecule has 0 amide bonds. The van der Waals surface area contributed by atoms with Crippen LogP contribution in [-0.4, -0.2) is 61.8 Å². The number of thiophene rings is 1. The molecule has 1 saturated carbocycles. The van der Waals surface area contributed by atoms with E-state index < -0.39 is 18.2 Å². The van der Waals surface area contributed by atoms with Crippen LogP contribution in [0.15, 0.2) is 42.5 Å². The van der Waals surface area contributed by atoms with Gasteiger partial charge < -0.3 is 15.3 Å². The van der Waals surface area contributed by atoms with Gasteiger partial charge in [-0.05, 0) is 48.3 Å². The fourth-order valence-corrected chi connectivity index (χ4v) is 6.91. The molecule has 2 aromatic rings. The van der Waals surface area contributed by atoms with Gasteiger partial charge in [0.15, 0.2) is 0 Å². The van der Waals surface area contributed by atoms with Gasteiger partial charge in [0.05, 0.1) is 23.2 Å². The average Bonchev–Trinajstić information content (AvgIpc) is 3.27. The lowest BCUT2D eigenvalue weighted by Crippen LogP contribution is -2.22. The van der Waals surface area contributed by atoms with Crippen LogP contribution in [-0.2, 0) is 16.0 Å². The van der Waals surface area contributed by atoms with Gasteiger partial charge >= 0.3 is 5.97 Å². The monoisotopic (exact) mass is 480 g/mol. The minimum Gasteiger partial charge on any atom is -0.481 e. The van der Waals surface area contributed by atoms with Crippen molar-refractivity contribution < 1.29 is 24.9 Å². The number of aliphatic hydroxyl groups is 2. The molecular formula is C23H28O5S3. The summed E-state index contributed by atoms with van der Waals surface area (Å²) in [5.41, 5.74) is 0. The molecule has 1 heterocycles. The topological polar surface area (TPSA) is 94.8 Å². The Labute approximate surface area is 194 Å². The number of aryl methyl sites for hydroxylation is 1. The van der Waals surface area contributed by atoms with E-state index in [4.69, 9.17) is 5.11 Å². The Balaban J connectivity index is 1.46. The molecule has 1 fully saturated rings. The second-order valence-electron chi connectivity index (χ2n) is 7.65. The molecule has 0 aliphatic heterocycles. The van der Waals surface area contributed by atoms with Crippen molar-refractivity contribution in [3.63, 3.8) is 0 Å². The number of benzene rings is 1. The SMILES string of the molecule is O=C(O)CSCCCSC1C(=O)C[C@@H](O)[C@@H]1C=CC(O)CCc1cc2ccccc2s1. The largest absolute Gasteiger partial charge is 0.481 e. The van der Waals surface area contributed by atoms with Gasteiger partial charge in [0.25, 0.3) is 0 Å². The van der Waals surface area contributed by atoms with Crippen molar-refractivity contribution in [3.8, 4) is 0 Å². The zero-order chi connectivity index (χ0) is 22.2. The number of carbonyl (C=O) groups is 2. The van der Waals surface area contributed by atoms with Gasteiger partial charge in [0.2, 0.25) is 0 Å². The van der Waals surface area contributed by atoms with Crippen molar-refractivity contribution in [2.45, 2.75) is 43.1 Å². The molecule has 3 N–H and O–H groups in total. The molecule has 0 radical (unpaired) electrons. The summed E-state index contributed by atoms with van der Waals surface area (Å²) in [6, 6.07) is 10.4. The lowest BCUT2D eigenvalue weighted by Gasteiger charge is -2.17. The smallest absolute Gasteiger partial charge is 0.313 e. The van der Waals surface area contributed by atoms with Gasteiger partial charge in [-0.25, -0.2) is 0 Å². The van der Waals surface area contributed by atoms with Crippen LogP contribution in [0.2, 0.25) is 0 Å². The number of rotatable bonds is 12. The summed E-state index contributed by atoms with van der Waals surface area (Å²) >= 11 is 4.64. The van der Waals surface area contributed by atoms with Crippen molar-refractivity contribution in [3.05, 3.63) is 47.4 Å². The Kier molecular flexibility index (Phi) is 9.47. The summed E-state index contributed by atoms with van der Waals surface area (Å²) in [5.74, 6) is 0.515. The Morgan fingerprint density at radius 2 is 2.10 bits per heavy atom. The molecule has 1 aliphatic rings. The fourth-order valence-electron chi connectivity index (χ4n) is 3.64. The number of thioether (sulfide) groups is 2. The predicted octanol–water partition coefficient (Wildman–Crippen LogP) is 4.01. The maximum Gasteiger partial charge on any atom is 0.313 e. The lowest BCUT2D eigenvalue weighted by atomic mass is 10.0. The summed E-state index contributed by atoms with van der Waals surface area (Å²) in [7, 11) is 0. The maximum absolute atomic E-state index is 12.3. The third kappa shape index (κ3) is 7.36. The first kappa shape index (κ1) is 24.3. The predicted molar refractivity (Wildman–Crippen MR) is 130 cm³/mol. The number of aliphatic hydroxyl groups excluding tert-OH is 2. The van der Waals surface area contributed by atoms with Crippen LogP contribution in [0.25, 0.3) is 10.1 Å². The highest BCUT2D eigenvalue weighted by Crippen LogP contribution is 2.34. The zero-order valence-electron chi connectivity index (χ0n) is 17.2. The Morgan fingerprint density at radius 3 is 2.87 bits per heavy atom.